The number of carbonyl (C=O) groups is 2. The van der Waals surface area contributed by atoms with Gasteiger partial charge in [0.25, 0.3) is 0 Å². The summed E-state index contributed by atoms with van der Waals surface area (Å²) in [7, 11) is 1.62. The first-order chi connectivity index (χ1) is 9.00. The molecule has 1 atom stereocenters. The Morgan fingerprint density at radius 2 is 2.05 bits per heavy atom. The van der Waals surface area contributed by atoms with Gasteiger partial charge in [0, 0.05) is 51.3 Å². The van der Waals surface area contributed by atoms with Crippen LogP contribution in [0.4, 0.5) is 4.79 Å². The van der Waals surface area contributed by atoms with Crippen molar-refractivity contribution in [2.45, 2.75) is 6.92 Å². The van der Waals surface area contributed by atoms with Crippen LogP contribution in [0.1, 0.15) is 6.92 Å². The smallest absolute Gasteiger partial charge is 0.317 e. The lowest BCUT2D eigenvalue weighted by atomic mass is 10.2. The van der Waals surface area contributed by atoms with Gasteiger partial charge in [-0.1, -0.05) is 6.92 Å². The lowest BCUT2D eigenvalue weighted by Crippen LogP contribution is -2.44. The minimum Gasteiger partial charge on any atom is -0.481 e. The van der Waals surface area contributed by atoms with Crippen molar-refractivity contribution in [2.24, 2.45) is 5.92 Å². The van der Waals surface area contributed by atoms with Crippen LogP contribution < -0.4 is 5.32 Å². The standard InChI is InChI=1S/C12H23N3O3S/c1-10(11(16)17)9-14(2)12(18)13-3-4-15-5-7-19-8-6-15/h10H,3-9H2,1-2H3,(H,13,18)(H,16,17). The lowest BCUT2D eigenvalue weighted by Gasteiger charge is -2.26. The molecule has 1 unspecified atom stereocenters. The van der Waals surface area contributed by atoms with Gasteiger partial charge in [-0.2, -0.15) is 11.8 Å². The molecule has 19 heavy (non-hydrogen) atoms. The predicted octanol–water partition coefficient (Wildman–Crippen LogP) is 0.397. The molecule has 1 saturated heterocycles. The summed E-state index contributed by atoms with van der Waals surface area (Å²) in [6.07, 6.45) is 0. The molecule has 110 valence electrons. The number of hydrogen-bond acceptors (Lipinski definition) is 4. The number of amides is 2. The highest BCUT2D eigenvalue weighted by atomic mass is 32.2. The van der Waals surface area contributed by atoms with Gasteiger partial charge in [0.15, 0.2) is 0 Å². The molecule has 1 aliphatic rings. The molecule has 1 heterocycles. The Hall–Kier alpha value is -0.950. The second-order valence-electron chi connectivity index (χ2n) is 4.81. The highest BCUT2D eigenvalue weighted by Gasteiger charge is 2.17. The molecule has 1 aliphatic heterocycles. The number of thioether (sulfide) groups is 1. The summed E-state index contributed by atoms with van der Waals surface area (Å²) in [4.78, 5) is 26.2. The van der Waals surface area contributed by atoms with Crippen LogP contribution in [0.15, 0.2) is 0 Å². The Balaban J connectivity index is 2.17. The molecule has 6 nitrogen and oxygen atoms in total. The number of rotatable bonds is 6. The summed E-state index contributed by atoms with van der Waals surface area (Å²) in [6, 6.07) is -0.209. The van der Waals surface area contributed by atoms with E-state index in [4.69, 9.17) is 5.11 Å². The monoisotopic (exact) mass is 289 g/mol. The molecule has 0 radical (unpaired) electrons. The van der Waals surface area contributed by atoms with Crippen molar-refractivity contribution in [1.29, 1.82) is 0 Å². The number of carbonyl (C=O) groups excluding carboxylic acids is 1. The molecular weight excluding hydrogens is 266 g/mol. The van der Waals surface area contributed by atoms with Crippen LogP contribution >= 0.6 is 11.8 Å². The third kappa shape index (κ3) is 6.15. The Kier molecular flexibility index (Phi) is 7.01. The number of urea groups is 1. The molecule has 0 aliphatic carbocycles. The SMILES string of the molecule is CC(CN(C)C(=O)NCCN1CCSCC1)C(=O)O. The molecule has 7 heteroatoms. The van der Waals surface area contributed by atoms with Gasteiger partial charge in [-0.25, -0.2) is 4.79 Å². The average molecular weight is 289 g/mol. The number of hydrogen-bond donors (Lipinski definition) is 2. The normalized spacial score (nSPS) is 17.8. The van der Waals surface area contributed by atoms with E-state index in [1.54, 1.807) is 14.0 Å². The van der Waals surface area contributed by atoms with E-state index in [9.17, 15) is 9.59 Å². The van der Waals surface area contributed by atoms with E-state index in [1.807, 2.05) is 11.8 Å². The second-order valence-corrected chi connectivity index (χ2v) is 6.03. The van der Waals surface area contributed by atoms with Crippen molar-refractivity contribution >= 4 is 23.8 Å². The van der Waals surface area contributed by atoms with Gasteiger partial charge >= 0.3 is 12.0 Å². The maximum Gasteiger partial charge on any atom is 0.317 e. The Morgan fingerprint density at radius 1 is 1.42 bits per heavy atom. The van der Waals surface area contributed by atoms with Crippen LogP contribution in [-0.4, -0.2) is 78.2 Å². The maximum atomic E-state index is 11.7. The summed E-state index contributed by atoms with van der Waals surface area (Å²) in [6.45, 7) is 5.43. The third-order valence-electron chi connectivity index (χ3n) is 3.12. The molecule has 1 fully saturated rings. The minimum atomic E-state index is -0.884. The van der Waals surface area contributed by atoms with Crippen LogP contribution in [0.2, 0.25) is 0 Å². The quantitative estimate of drug-likeness (QED) is 0.740. The van der Waals surface area contributed by atoms with Gasteiger partial charge in [-0.15, -0.1) is 0 Å². The molecule has 2 N–H and O–H groups in total. The first-order valence-corrected chi connectivity index (χ1v) is 7.68. The third-order valence-corrected chi connectivity index (χ3v) is 4.07. The molecule has 1 rings (SSSR count). The van der Waals surface area contributed by atoms with E-state index in [0.29, 0.717) is 6.54 Å². The van der Waals surface area contributed by atoms with E-state index in [1.165, 1.54) is 4.90 Å². The number of nitrogens with one attached hydrogen (secondary N) is 1. The Bertz CT molecular complexity index is 309. The zero-order chi connectivity index (χ0) is 14.3. The molecule has 0 aromatic carbocycles. The molecule has 0 saturated carbocycles. The summed E-state index contributed by atoms with van der Waals surface area (Å²) in [5.41, 5.74) is 0. The van der Waals surface area contributed by atoms with Gasteiger partial charge in [0.1, 0.15) is 0 Å². The fourth-order valence-electron chi connectivity index (χ4n) is 1.85. The fraction of sp³-hybridized carbons (Fsp3) is 0.833. The largest absolute Gasteiger partial charge is 0.481 e. The zero-order valence-electron chi connectivity index (χ0n) is 11.6. The Morgan fingerprint density at radius 3 is 2.63 bits per heavy atom. The molecule has 0 aromatic heterocycles. The van der Waals surface area contributed by atoms with Crippen LogP contribution in [0, 0.1) is 5.92 Å². The second kappa shape index (κ2) is 8.27. The van der Waals surface area contributed by atoms with E-state index in [0.717, 1.165) is 31.1 Å². The first kappa shape index (κ1) is 16.1. The van der Waals surface area contributed by atoms with E-state index in [-0.39, 0.29) is 12.6 Å². The van der Waals surface area contributed by atoms with E-state index >= 15 is 0 Å². The van der Waals surface area contributed by atoms with E-state index < -0.39 is 11.9 Å². The molecule has 0 bridgehead atoms. The summed E-state index contributed by atoms with van der Waals surface area (Å²) >= 11 is 1.96. The van der Waals surface area contributed by atoms with Crippen LogP contribution in [0.25, 0.3) is 0 Å². The van der Waals surface area contributed by atoms with Crippen molar-refractivity contribution in [3.63, 3.8) is 0 Å². The van der Waals surface area contributed by atoms with Gasteiger partial charge in [0.05, 0.1) is 5.92 Å². The van der Waals surface area contributed by atoms with Crippen molar-refractivity contribution < 1.29 is 14.7 Å². The number of nitrogens with zero attached hydrogens (tertiary/aromatic N) is 2. The van der Waals surface area contributed by atoms with Crippen LogP contribution in [-0.2, 0) is 4.79 Å². The van der Waals surface area contributed by atoms with Crippen molar-refractivity contribution in [3.8, 4) is 0 Å². The van der Waals surface area contributed by atoms with Gasteiger partial charge in [-0.05, 0) is 0 Å². The van der Waals surface area contributed by atoms with E-state index in [2.05, 4.69) is 10.2 Å². The minimum absolute atomic E-state index is 0.209. The maximum absolute atomic E-state index is 11.7. The summed E-state index contributed by atoms with van der Waals surface area (Å²) < 4.78 is 0. The Labute approximate surface area is 118 Å². The van der Waals surface area contributed by atoms with Gasteiger partial charge in [0.2, 0.25) is 0 Å². The molecule has 2 amide bonds. The average Bonchev–Trinajstić information content (AvgIpc) is 2.39. The van der Waals surface area contributed by atoms with Crippen LogP contribution in [0.3, 0.4) is 0 Å². The van der Waals surface area contributed by atoms with Crippen molar-refractivity contribution in [1.82, 2.24) is 15.1 Å². The van der Waals surface area contributed by atoms with Crippen molar-refractivity contribution in [3.05, 3.63) is 0 Å². The molecule has 0 spiro atoms. The number of carboxylic acids is 1. The number of carboxylic acid groups (broad SMARTS) is 1. The first-order valence-electron chi connectivity index (χ1n) is 6.52. The summed E-state index contributed by atoms with van der Waals surface area (Å²) in [5, 5.41) is 11.6. The topological polar surface area (TPSA) is 72.9 Å². The van der Waals surface area contributed by atoms with Gasteiger partial charge in [-0.3, -0.25) is 9.69 Å². The van der Waals surface area contributed by atoms with Gasteiger partial charge < -0.3 is 15.3 Å². The summed E-state index contributed by atoms with van der Waals surface area (Å²) in [5.74, 6) is 0.883. The zero-order valence-corrected chi connectivity index (χ0v) is 12.4. The molecular formula is C12H23N3O3S. The highest BCUT2D eigenvalue weighted by Crippen LogP contribution is 2.07. The fourth-order valence-corrected chi connectivity index (χ4v) is 2.83. The molecule has 0 aromatic rings. The number of aliphatic carboxylic acids is 1. The lowest BCUT2D eigenvalue weighted by molar-refractivity contribution is -0.141. The van der Waals surface area contributed by atoms with Crippen LogP contribution in [0.5, 0.6) is 0 Å². The van der Waals surface area contributed by atoms with Crippen molar-refractivity contribution in [2.75, 3.05) is 51.3 Å². The highest BCUT2D eigenvalue weighted by molar-refractivity contribution is 7.99. The predicted molar refractivity (Wildman–Crippen MR) is 76.6 cm³/mol.